The van der Waals surface area contributed by atoms with E-state index in [-0.39, 0.29) is 0 Å². The van der Waals surface area contributed by atoms with Gasteiger partial charge in [0, 0.05) is 0 Å². The summed E-state index contributed by atoms with van der Waals surface area (Å²) in [6, 6.07) is -1.58. The number of carboxylic acid groups (broad SMARTS) is 1. The van der Waals surface area contributed by atoms with E-state index < -0.39 is 36.2 Å². The van der Waals surface area contributed by atoms with E-state index in [0.717, 1.165) is 31.9 Å². The number of unbranched alkanes of at least 4 members (excludes halogenated alkanes) is 4. The first-order chi connectivity index (χ1) is 12.9. The molecule has 0 bridgehead atoms. The van der Waals surface area contributed by atoms with Crippen LogP contribution in [0.25, 0.3) is 0 Å². The van der Waals surface area contributed by atoms with Gasteiger partial charge in [-0.2, -0.15) is 0 Å². The lowest BCUT2D eigenvalue weighted by atomic mass is 10.1. The van der Waals surface area contributed by atoms with Crippen molar-refractivity contribution in [2.75, 3.05) is 0 Å². The molecule has 2 amide bonds. The minimum Gasteiger partial charge on any atom is -0.481 e. The lowest BCUT2D eigenvalue weighted by Crippen LogP contribution is -2.49. The van der Waals surface area contributed by atoms with E-state index in [1.165, 1.54) is 12.2 Å². The molecule has 0 saturated heterocycles. The third-order valence-electron chi connectivity index (χ3n) is 3.60. The Morgan fingerprint density at radius 3 is 1.85 bits per heavy atom. The summed E-state index contributed by atoms with van der Waals surface area (Å²) in [5.41, 5.74) is 0. The largest absolute Gasteiger partial charge is 0.481 e. The fraction of sp³-hybridized carbons (Fsp3) is 0.500. The van der Waals surface area contributed by atoms with Gasteiger partial charge in [-0.05, 0) is 25.0 Å². The maximum Gasteiger partial charge on any atom is 0.334 e. The molecule has 0 aliphatic heterocycles. The molecule has 27 heavy (non-hydrogen) atoms. The Morgan fingerprint density at radius 2 is 1.48 bits per heavy atom. The summed E-state index contributed by atoms with van der Waals surface area (Å²) >= 11 is 0. The fourth-order valence-corrected chi connectivity index (χ4v) is 2.19. The van der Waals surface area contributed by atoms with Crippen molar-refractivity contribution >= 4 is 23.8 Å². The molecule has 0 saturated carbocycles. The standard InChI is InChI=1S/C20H29NO6/c1-4-7-9-11-13-17(22)21(18(23)14-12-10-8-5-2)16(15-19(24)25)20(26)27-6-3/h6,11-14,16H,3-5,7-10,15H2,1-2H3,(H,24,25)/b13-11+,14-12+. The van der Waals surface area contributed by atoms with Crippen LogP contribution in [0.2, 0.25) is 0 Å². The van der Waals surface area contributed by atoms with Crippen LogP contribution in [0, 0.1) is 0 Å². The summed E-state index contributed by atoms with van der Waals surface area (Å²) < 4.78 is 4.64. The Bertz CT molecular complexity index is 549. The minimum atomic E-state index is -1.58. The normalized spacial score (nSPS) is 12.1. The molecule has 0 heterocycles. The number of esters is 1. The summed E-state index contributed by atoms with van der Waals surface area (Å²) in [5, 5.41) is 9.09. The van der Waals surface area contributed by atoms with Gasteiger partial charge in [-0.3, -0.25) is 19.3 Å². The predicted octanol–water partition coefficient (Wildman–Crippen LogP) is 3.36. The van der Waals surface area contributed by atoms with Crippen LogP contribution in [0.15, 0.2) is 37.1 Å². The van der Waals surface area contributed by atoms with Gasteiger partial charge in [0.2, 0.25) is 0 Å². The zero-order chi connectivity index (χ0) is 20.7. The lowest BCUT2D eigenvalue weighted by Gasteiger charge is -2.25. The molecule has 0 spiro atoms. The molecule has 1 N–H and O–H groups in total. The van der Waals surface area contributed by atoms with Crippen LogP contribution in [0.5, 0.6) is 0 Å². The Hall–Kier alpha value is -2.70. The first-order valence-corrected chi connectivity index (χ1v) is 9.12. The van der Waals surface area contributed by atoms with Gasteiger partial charge in [-0.25, -0.2) is 4.79 Å². The number of carboxylic acids is 1. The first-order valence-electron chi connectivity index (χ1n) is 9.12. The number of hydrogen-bond donors (Lipinski definition) is 1. The van der Waals surface area contributed by atoms with Gasteiger partial charge in [-0.15, -0.1) is 0 Å². The van der Waals surface area contributed by atoms with Crippen LogP contribution < -0.4 is 0 Å². The molecule has 7 heteroatoms. The van der Waals surface area contributed by atoms with Gasteiger partial charge in [0.25, 0.3) is 11.8 Å². The number of rotatable bonds is 13. The number of amides is 2. The summed E-state index contributed by atoms with van der Waals surface area (Å²) in [6.07, 6.45) is 10.5. The number of aliphatic carboxylic acids is 1. The average Bonchev–Trinajstić information content (AvgIpc) is 2.61. The van der Waals surface area contributed by atoms with Crippen molar-refractivity contribution in [2.24, 2.45) is 0 Å². The number of ether oxygens (including phenoxy) is 1. The molecular weight excluding hydrogens is 350 g/mol. The van der Waals surface area contributed by atoms with Crippen LogP contribution >= 0.6 is 0 Å². The van der Waals surface area contributed by atoms with E-state index in [9.17, 15) is 19.2 Å². The Morgan fingerprint density at radius 1 is 1.00 bits per heavy atom. The molecule has 0 aromatic carbocycles. The van der Waals surface area contributed by atoms with Crippen molar-refractivity contribution < 1.29 is 29.0 Å². The average molecular weight is 379 g/mol. The van der Waals surface area contributed by atoms with Gasteiger partial charge >= 0.3 is 11.9 Å². The van der Waals surface area contributed by atoms with Crippen molar-refractivity contribution in [1.82, 2.24) is 4.90 Å². The molecule has 0 aliphatic rings. The number of hydrogen-bond acceptors (Lipinski definition) is 5. The highest BCUT2D eigenvalue weighted by molar-refractivity contribution is 6.08. The van der Waals surface area contributed by atoms with Crippen molar-refractivity contribution in [3.05, 3.63) is 37.1 Å². The molecule has 0 aromatic rings. The Kier molecular flexibility index (Phi) is 13.0. The SMILES string of the molecule is C=COC(=O)C(CC(=O)O)N(C(=O)/C=C/CCCC)C(=O)/C=C/CCCC. The molecule has 7 nitrogen and oxygen atoms in total. The molecule has 150 valence electrons. The van der Waals surface area contributed by atoms with E-state index in [1.807, 2.05) is 13.8 Å². The van der Waals surface area contributed by atoms with E-state index in [2.05, 4.69) is 11.3 Å². The van der Waals surface area contributed by atoms with Crippen molar-refractivity contribution in [3.63, 3.8) is 0 Å². The van der Waals surface area contributed by atoms with E-state index in [1.54, 1.807) is 12.2 Å². The maximum atomic E-state index is 12.5. The van der Waals surface area contributed by atoms with Gasteiger partial charge in [0.1, 0.15) is 6.04 Å². The minimum absolute atomic E-state index is 0.630. The van der Waals surface area contributed by atoms with Gasteiger partial charge in [0.05, 0.1) is 12.7 Å². The number of carbonyl (C=O) groups is 4. The van der Waals surface area contributed by atoms with E-state index in [4.69, 9.17) is 5.11 Å². The highest BCUT2D eigenvalue weighted by atomic mass is 16.5. The predicted molar refractivity (Wildman–Crippen MR) is 102 cm³/mol. The molecule has 0 aromatic heterocycles. The molecule has 0 radical (unpaired) electrons. The van der Waals surface area contributed by atoms with Crippen LogP contribution in [-0.2, 0) is 23.9 Å². The fourth-order valence-electron chi connectivity index (χ4n) is 2.19. The Labute approximate surface area is 160 Å². The van der Waals surface area contributed by atoms with Crippen molar-refractivity contribution in [1.29, 1.82) is 0 Å². The molecule has 1 unspecified atom stereocenters. The van der Waals surface area contributed by atoms with Crippen molar-refractivity contribution in [2.45, 2.75) is 64.8 Å². The second-order valence-electron chi connectivity index (χ2n) is 5.85. The number of allylic oxidation sites excluding steroid dienone is 2. The molecule has 0 aliphatic carbocycles. The summed E-state index contributed by atoms with van der Waals surface area (Å²) in [7, 11) is 0. The van der Waals surface area contributed by atoms with Crippen LogP contribution in [0.1, 0.15) is 58.8 Å². The summed E-state index contributed by atoms with van der Waals surface area (Å²) in [5.74, 6) is -3.89. The lowest BCUT2D eigenvalue weighted by molar-refractivity contribution is -0.157. The van der Waals surface area contributed by atoms with Crippen LogP contribution in [-0.4, -0.2) is 39.8 Å². The number of carbonyl (C=O) groups excluding carboxylic acids is 3. The summed E-state index contributed by atoms with van der Waals surface area (Å²) in [4.78, 5) is 49.0. The number of nitrogens with zero attached hydrogens (tertiary/aromatic N) is 1. The van der Waals surface area contributed by atoms with E-state index in [0.29, 0.717) is 17.7 Å². The quantitative estimate of drug-likeness (QED) is 0.228. The van der Waals surface area contributed by atoms with Gasteiger partial charge < -0.3 is 9.84 Å². The maximum absolute atomic E-state index is 12.5. The number of imide groups is 1. The van der Waals surface area contributed by atoms with Crippen molar-refractivity contribution in [3.8, 4) is 0 Å². The highest BCUT2D eigenvalue weighted by Crippen LogP contribution is 2.12. The van der Waals surface area contributed by atoms with E-state index >= 15 is 0 Å². The second kappa shape index (κ2) is 14.5. The van der Waals surface area contributed by atoms with Crippen LogP contribution in [0.4, 0.5) is 0 Å². The third-order valence-corrected chi connectivity index (χ3v) is 3.60. The molecule has 0 rings (SSSR count). The third kappa shape index (κ3) is 10.1. The zero-order valence-electron chi connectivity index (χ0n) is 16.1. The summed E-state index contributed by atoms with van der Waals surface area (Å²) in [6.45, 7) is 7.25. The highest BCUT2D eigenvalue weighted by Gasteiger charge is 2.35. The topological polar surface area (TPSA) is 101 Å². The van der Waals surface area contributed by atoms with Gasteiger partial charge in [-0.1, -0.05) is 58.3 Å². The van der Waals surface area contributed by atoms with Crippen LogP contribution in [0.3, 0.4) is 0 Å². The Balaban J connectivity index is 5.63. The zero-order valence-corrected chi connectivity index (χ0v) is 16.1. The molecular formula is C20H29NO6. The van der Waals surface area contributed by atoms with Gasteiger partial charge in [0.15, 0.2) is 0 Å². The monoisotopic (exact) mass is 379 g/mol. The smallest absolute Gasteiger partial charge is 0.334 e. The second-order valence-corrected chi connectivity index (χ2v) is 5.85. The first kappa shape index (κ1) is 24.3. The molecule has 1 atom stereocenters. The molecule has 0 fully saturated rings.